The molecule has 0 bridgehead atoms. The minimum atomic E-state index is 0.833. The number of para-hydroxylation sites is 1. The zero-order valence-electron chi connectivity index (χ0n) is 29.2. The molecule has 0 aliphatic carbocycles. The number of hydrogen-bond donors (Lipinski definition) is 0. The van der Waals surface area contributed by atoms with Crippen molar-refractivity contribution in [2.24, 2.45) is 0 Å². The molecule has 0 saturated carbocycles. The minimum absolute atomic E-state index is 0.833. The Morgan fingerprint density at radius 1 is 0.426 bits per heavy atom. The molecule has 10 rings (SSSR count). The molecule has 5 heterocycles. The SMILES string of the molecule is c1ccc(-c2cccc(-c3cccc(-c4cc5c6ccccc6n(-c6ccc(N(c7cccnc7)c7ccc8ncccc8c7)cc6)c5cn4)n3)c2)cc1. The van der Waals surface area contributed by atoms with Gasteiger partial charge in [-0.3, -0.25) is 15.0 Å². The topological polar surface area (TPSA) is 59.7 Å². The predicted octanol–water partition coefficient (Wildman–Crippen LogP) is 12.0. The van der Waals surface area contributed by atoms with Gasteiger partial charge in [0.05, 0.1) is 51.7 Å². The number of benzene rings is 5. The van der Waals surface area contributed by atoms with E-state index in [2.05, 4.69) is 165 Å². The standard InChI is InChI=1S/C48H32N6/c1-2-10-33(11-3-1)34-12-6-13-35(28-34)44-17-7-18-45(52-44)46-30-42-41-16-4-5-19-47(41)54(48(42)32-51-46)38-22-20-37(21-23-38)53(40-15-9-26-49-31-40)39-24-25-43-36(29-39)14-8-27-50-43/h1-32H. The maximum absolute atomic E-state index is 5.11. The van der Waals surface area contributed by atoms with Crippen LogP contribution < -0.4 is 4.90 Å². The maximum atomic E-state index is 5.11. The van der Waals surface area contributed by atoms with Gasteiger partial charge in [0, 0.05) is 51.2 Å². The molecule has 54 heavy (non-hydrogen) atoms. The molecule has 0 saturated heterocycles. The predicted molar refractivity (Wildman–Crippen MR) is 220 cm³/mol. The first-order chi connectivity index (χ1) is 26.8. The lowest BCUT2D eigenvalue weighted by molar-refractivity contribution is 1.16. The summed E-state index contributed by atoms with van der Waals surface area (Å²) in [6, 6.07) is 59.0. The van der Waals surface area contributed by atoms with Crippen LogP contribution in [0.2, 0.25) is 0 Å². The third-order valence-corrected chi connectivity index (χ3v) is 9.95. The summed E-state index contributed by atoms with van der Waals surface area (Å²) in [6.45, 7) is 0. The Labute approximate surface area is 312 Å². The van der Waals surface area contributed by atoms with Gasteiger partial charge in [-0.15, -0.1) is 0 Å². The van der Waals surface area contributed by atoms with Crippen LogP contribution in [-0.4, -0.2) is 24.5 Å². The van der Waals surface area contributed by atoms with E-state index < -0.39 is 0 Å². The highest BCUT2D eigenvalue weighted by Gasteiger charge is 2.17. The van der Waals surface area contributed by atoms with Crippen molar-refractivity contribution < 1.29 is 0 Å². The third-order valence-electron chi connectivity index (χ3n) is 9.95. The number of aromatic nitrogens is 5. The Morgan fingerprint density at radius 3 is 2.09 bits per heavy atom. The Bertz CT molecular complexity index is 2940. The van der Waals surface area contributed by atoms with E-state index in [1.54, 1.807) is 6.20 Å². The van der Waals surface area contributed by atoms with Crippen LogP contribution in [0.3, 0.4) is 0 Å². The largest absolute Gasteiger partial charge is 0.309 e. The highest BCUT2D eigenvalue weighted by Crippen LogP contribution is 2.38. The normalized spacial score (nSPS) is 11.3. The fourth-order valence-corrected chi connectivity index (χ4v) is 7.40. The second-order valence-corrected chi connectivity index (χ2v) is 13.2. The van der Waals surface area contributed by atoms with Crippen molar-refractivity contribution in [1.29, 1.82) is 0 Å². The van der Waals surface area contributed by atoms with E-state index in [-0.39, 0.29) is 0 Å². The lowest BCUT2D eigenvalue weighted by Gasteiger charge is -2.25. The van der Waals surface area contributed by atoms with Gasteiger partial charge < -0.3 is 9.47 Å². The molecule has 0 aliphatic heterocycles. The fraction of sp³-hybridized carbons (Fsp3) is 0. The van der Waals surface area contributed by atoms with E-state index in [1.807, 2.05) is 42.9 Å². The molecule has 0 amide bonds. The van der Waals surface area contributed by atoms with Gasteiger partial charge in [-0.05, 0) is 102 Å². The summed E-state index contributed by atoms with van der Waals surface area (Å²) in [5, 5.41) is 3.37. The van der Waals surface area contributed by atoms with Gasteiger partial charge in [-0.25, -0.2) is 4.98 Å². The van der Waals surface area contributed by atoms with Crippen LogP contribution in [0.1, 0.15) is 0 Å². The van der Waals surface area contributed by atoms with Crippen LogP contribution in [0.15, 0.2) is 195 Å². The Hall–Kier alpha value is -7.44. The molecule has 0 radical (unpaired) electrons. The Kier molecular flexibility index (Phi) is 7.69. The van der Waals surface area contributed by atoms with Crippen molar-refractivity contribution in [3.63, 3.8) is 0 Å². The molecule has 6 heteroatoms. The van der Waals surface area contributed by atoms with E-state index in [1.165, 1.54) is 5.56 Å². The van der Waals surface area contributed by atoms with Gasteiger partial charge in [0.15, 0.2) is 0 Å². The first-order valence-electron chi connectivity index (χ1n) is 17.9. The van der Waals surface area contributed by atoms with Crippen LogP contribution in [0.5, 0.6) is 0 Å². The van der Waals surface area contributed by atoms with Gasteiger partial charge in [0.25, 0.3) is 0 Å². The van der Waals surface area contributed by atoms with E-state index >= 15 is 0 Å². The molecular formula is C48H32N6. The summed E-state index contributed by atoms with van der Waals surface area (Å²) in [5.41, 5.74) is 13.2. The average Bonchev–Trinajstić information content (AvgIpc) is 3.58. The molecule has 5 aromatic carbocycles. The summed E-state index contributed by atoms with van der Waals surface area (Å²) < 4.78 is 2.29. The van der Waals surface area contributed by atoms with E-state index in [4.69, 9.17) is 9.97 Å². The highest BCUT2D eigenvalue weighted by atomic mass is 15.1. The average molecular weight is 693 g/mol. The molecule has 0 atom stereocenters. The molecule has 254 valence electrons. The molecule has 0 fully saturated rings. The fourth-order valence-electron chi connectivity index (χ4n) is 7.40. The van der Waals surface area contributed by atoms with Gasteiger partial charge in [0.2, 0.25) is 0 Å². The maximum Gasteiger partial charge on any atom is 0.0894 e. The summed E-state index contributed by atoms with van der Waals surface area (Å²) >= 11 is 0. The number of pyridine rings is 4. The minimum Gasteiger partial charge on any atom is -0.309 e. The van der Waals surface area contributed by atoms with Crippen LogP contribution >= 0.6 is 0 Å². The first kappa shape index (κ1) is 31.3. The third kappa shape index (κ3) is 5.63. The van der Waals surface area contributed by atoms with Crippen molar-refractivity contribution in [1.82, 2.24) is 24.5 Å². The van der Waals surface area contributed by atoms with Crippen LogP contribution in [0.25, 0.3) is 72.2 Å². The van der Waals surface area contributed by atoms with E-state index in [9.17, 15) is 0 Å². The van der Waals surface area contributed by atoms with Gasteiger partial charge in [0.1, 0.15) is 0 Å². The Morgan fingerprint density at radius 2 is 1.20 bits per heavy atom. The quantitative estimate of drug-likeness (QED) is 0.166. The molecular weight excluding hydrogens is 661 g/mol. The van der Waals surface area contributed by atoms with Crippen molar-refractivity contribution >= 4 is 49.8 Å². The van der Waals surface area contributed by atoms with Crippen molar-refractivity contribution in [2.75, 3.05) is 4.90 Å². The van der Waals surface area contributed by atoms with Crippen LogP contribution in [0, 0.1) is 0 Å². The molecule has 10 aromatic rings. The molecule has 0 spiro atoms. The molecule has 5 aromatic heterocycles. The van der Waals surface area contributed by atoms with Crippen molar-refractivity contribution in [3.05, 3.63) is 195 Å². The zero-order chi connectivity index (χ0) is 35.8. The summed E-state index contributed by atoms with van der Waals surface area (Å²) in [7, 11) is 0. The summed E-state index contributed by atoms with van der Waals surface area (Å²) in [4.78, 5) is 21.3. The zero-order valence-corrected chi connectivity index (χ0v) is 29.2. The summed E-state index contributed by atoms with van der Waals surface area (Å²) in [5.74, 6) is 0. The lowest BCUT2D eigenvalue weighted by atomic mass is 10.0. The molecule has 6 nitrogen and oxygen atoms in total. The second-order valence-electron chi connectivity index (χ2n) is 13.2. The molecule has 0 N–H and O–H groups in total. The van der Waals surface area contributed by atoms with Crippen LogP contribution in [-0.2, 0) is 0 Å². The molecule has 0 aliphatic rings. The van der Waals surface area contributed by atoms with E-state index in [0.29, 0.717) is 0 Å². The lowest BCUT2D eigenvalue weighted by Crippen LogP contribution is -2.10. The number of hydrogen-bond acceptors (Lipinski definition) is 5. The Balaban J connectivity index is 1.03. The molecule has 0 unspecified atom stereocenters. The first-order valence-corrected chi connectivity index (χ1v) is 17.9. The van der Waals surface area contributed by atoms with Gasteiger partial charge >= 0.3 is 0 Å². The van der Waals surface area contributed by atoms with Crippen molar-refractivity contribution in [2.45, 2.75) is 0 Å². The number of anilines is 3. The van der Waals surface area contributed by atoms with Crippen LogP contribution in [0.4, 0.5) is 17.1 Å². The summed E-state index contributed by atoms with van der Waals surface area (Å²) in [6.07, 6.45) is 7.50. The highest BCUT2D eigenvalue weighted by molar-refractivity contribution is 6.10. The number of fused-ring (bicyclic) bond motifs is 4. The smallest absolute Gasteiger partial charge is 0.0894 e. The van der Waals surface area contributed by atoms with E-state index in [0.717, 1.165) is 83.7 Å². The monoisotopic (exact) mass is 692 g/mol. The number of nitrogens with zero attached hydrogens (tertiary/aromatic N) is 6. The van der Waals surface area contributed by atoms with Gasteiger partial charge in [-0.2, -0.15) is 0 Å². The second kappa shape index (κ2) is 13.3. The number of rotatable bonds is 7. The van der Waals surface area contributed by atoms with Gasteiger partial charge in [-0.1, -0.05) is 78.9 Å². The van der Waals surface area contributed by atoms with Crippen molar-refractivity contribution in [3.8, 4) is 39.5 Å².